The lowest BCUT2D eigenvalue weighted by Gasteiger charge is -2.09. The number of phenolic OH excluding ortho intramolecular Hbond substituents is 1. The fraction of sp³-hybridized carbons (Fsp3) is 0.167. The number of aromatic hydroxyl groups is 1. The summed E-state index contributed by atoms with van der Waals surface area (Å²) in [7, 11) is 0. The van der Waals surface area contributed by atoms with Crippen LogP contribution in [0.2, 0.25) is 0 Å². The molecular weight excluding hydrogens is 260 g/mol. The summed E-state index contributed by atoms with van der Waals surface area (Å²) in [4.78, 5) is 4.56. The summed E-state index contributed by atoms with van der Waals surface area (Å²) in [5, 5.41) is 13.9. The van der Waals surface area contributed by atoms with Gasteiger partial charge in [0.15, 0.2) is 0 Å². The van der Waals surface area contributed by atoms with Crippen molar-refractivity contribution >= 4 is 10.9 Å². The standard InChI is InChI=1S/C18H18N2O/c1-13-10-15(17-4-2-3-5-18(17)20-13)12-19-11-14-6-8-16(21)9-7-14/h2-10,19,21H,11-12H2,1H3. The zero-order valence-electron chi connectivity index (χ0n) is 12.0. The van der Waals surface area contributed by atoms with Gasteiger partial charge in [-0.15, -0.1) is 0 Å². The van der Waals surface area contributed by atoms with Crippen LogP contribution in [0.5, 0.6) is 5.75 Å². The van der Waals surface area contributed by atoms with Crippen molar-refractivity contribution in [3.05, 3.63) is 71.4 Å². The Morgan fingerprint density at radius 3 is 2.57 bits per heavy atom. The lowest BCUT2D eigenvalue weighted by molar-refractivity contribution is 0.475. The van der Waals surface area contributed by atoms with Gasteiger partial charge < -0.3 is 10.4 Å². The Morgan fingerprint density at radius 2 is 1.76 bits per heavy atom. The molecule has 3 aromatic rings. The second-order valence-electron chi connectivity index (χ2n) is 5.21. The average molecular weight is 278 g/mol. The predicted molar refractivity (Wildman–Crippen MR) is 85.1 cm³/mol. The van der Waals surface area contributed by atoms with E-state index in [2.05, 4.69) is 22.4 Å². The smallest absolute Gasteiger partial charge is 0.115 e. The number of para-hydroxylation sites is 1. The van der Waals surface area contributed by atoms with Crippen molar-refractivity contribution in [2.45, 2.75) is 20.0 Å². The highest BCUT2D eigenvalue weighted by Gasteiger charge is 2.03. The van der Waals surface area contributed by atoms with E-state index in [4.69, 9.17) is 0 Å². The molecular formula is C18H18N2O. The Bertz CT molecular complexity index is 751. The topological polar surface area (TPSA) is 45.1 Å². The quantitative estimate of drug-likeness (QED) is 0.767. The van der Waals surface area contributed by atoms with Crippen LogP contribution in [0.1, 0.15) is 16.8 Å². The van der Waals surface area contributed by atoms with E-state index >= 15 is 0 Å². The number of nitrogens with one attached hydrogen (secondary N) is 1. The predicted octanol–water partition coefficient (Wildman–Crippen LogP) is 3.54. The molecule has 21 heavy (non-hydrogen) atoms. The number of hydrogen-bond donors (Lipinski definition) is 2. The molecule has 2 aromatic carbocycles. The van der Waals surface area contributed by atoms with Gasteiger partial charge in [-0.25, -0.2) is 0 Å². The maximum absolute atomic E-state index is 9.28. The number of hydrogen-bond acceptors (Lipinski definition) is 3. The molecule has 0 aliphatic heterocycles. The fourth-order valence-corrected chi connectivity index (χ4v) is 2.50. The van der Waals surface area contributed by atoms with Crippen molar-refractivity contribution in [3.8, 4) is 5.75 Å². The summed E-state index contributed by atoms with van der Waals surface area (Å²) in [6.45, 7) is 3.59. The molecule has 0 aliphatic rings. The number of aromatic nitrogens is 1. The molecule has 3 nitrogen and oxygen atoms in total. The number of rotatable bonds is 4. The van der Waals surface area contributed by atoms with Crippen molar-refractivity contribution in [1.82, 2.24) is 10.3 Å². The van der Waals surface area contributed by atoms with E-state index < -0.39 is 0 Å². The number of pyridine rings is 1. The molecule has 0 spiro atoms. The highest BCUT2D eigenvalue weighted by atomic mass is 16.3. The minimum Gasteiger partial charge on any atom is -0.508 e. The summed E-state index contributed by atoms with van der Waals surface area (Å²) in [5.74, 6) is 0.300. The minimum absolute atomic E-state index is 0.300. The Morgan fingerprint density at radius 1 is 1.00 bits per heavy atom. The molecule has 1 aromatic heterocycles. The van der Waals surface area contributed by atoms with E-state index in [0.29, 0.717) is 5.75 Å². The summed E-state index contributed by atoms with van der Waals surface area (Å²) < 4.78 is 0. The molecule has 0 unspecified atom stereocenters. The number of phenols is 1. The zero-order chi connectivity index (χ0) is 14.7. The first kappa shape index (κ1) is 13.6. The van der Waals surface area contributed by atoms with Crippen molar-refractivity contribution in [2.24, 2.45) is 0 Å². The van der Waals surface area contributed by atoms with Gasteiger partial charge >= 0.3 is 0 Å². The van der Waals surface area contributed by atoms with Crippen LogP contribution in [-0.2, 0) is 13.1 Å². The van der Waals surface area contributed by atoms with Crippen molar-refractivity contribution in [2.75, 3.05) is 0 Å². The van der Waals surface area contributed by atoms with E-state index in [-0.39, 0.29) is 0 Å². The van der Waals surface area contributed by atoms with Crippen LogP contribution in [0, 0.1) is 6.92 Å². The Balaban J connectivity index is 1.74. The molecule has 0 amide bonds. The molecule has 3 heteroatoms. The van der Waals surface area contributed by atoms with Crippen LogP contribution in [0.25, 0.3) is 10.9 Å². The fourth-order valence-electron chi connectivity index (χ4n) is 2.50. The first-order valence-electron chi connectivity index (χ1n) is 7.06. The number of nitrogens with zero attached hydrogens (tertiary/aromatic N) is 1. The van der Waals surface area contributed by atoms with Gasteiger partial charge in [-0.05, 0) is 42.3 Å². The normalized spacial score (nSPS) is 10.9. The lowest BCUT2D eigenvalue weighted by atomic mass is 10.1. The molecule has 0 aliphatic carbocycles. The molecule has 0 saturated carbocycles. The van der Waals surface area contributed by atoms with Crippen LogP contribution in [-0.4, -0.2) is 10.1 Å². The van der Waals surface area contributed by atoms with Crippen LogP contribution in [0.15, 0.2) is 54.6 Å². The molecule has 3 rings (SSSR count). The largest absolute Gasteiger partial charge is 0.508 e. The van der Waals surface area contributed by atoms with Gasteiger partial charge in [-0.1, -0.05) is 30.3 Å². The number of benzene rings is 2. The van der Waals surface area contributed by atoms with Gasteiger partial charge in [-0.3, -0.25) is 4.98 Å². The molecule has 106 valence electrons. The maximum Gasteiger partial charge on any atom is 0.115 e. The SMILES string of the molecule is Cc1cc(CNCc2ccc(O)cc2)c2ccccc2n1. The van der Waals surface area contributed by atoms with Crippen LogP contribution < -0.4 is 5.32 Å². The van der Waals surface area contributed by atoms with Crippen molar-refractivity contribution in [3.63, 3.8) is 0 Å². The zero-order valence-corrected chi connectivity index (χ0v) is 12.0. The van der Waals surface area contributed by atoms with Crippen molar-refractivity contribution in [1.29, 1.82) is 0 Å². The van der Waals surface area contributed by atoms with E-state index in [1.54, 1.807) is 12.1 Å². The highest BCUT2D eigenvalue weighted by molar-refractivity contribution is 5.82. The van der Waals surface area contributed by atoms with Gasteiger partial charge in [0.1, 0.15) is 5.75 Å². The molecule has 0 saturated heterocycles. The van der Waals surface area contributed by atoms with Gasteiger partial charge in [0.05, 0.1) is 5.52 Å². The third-order valence-corrected chi connectivity index (χ3v) is 3.51. The summed E-state index contributed by atoms with van der Waals surface area (Å²) in [6, 6.07) is 17.6. The van der Waals surface area contributed by atoms with Crippen LogP contribution in [0.4, 0.5) is 0 Å². The first-order chi connectivity index (χ1) is 10.2. The van der Waals surface area contributed by atoms with Crippen LogP contribution in [0.3, 0.4) is 0 Å². The molecule has 0 fully saturated rings. The molecule has 2 N–H and O–H groups in total. The monoisotopic (exact) mass is 278 g/mol. The second kappa shape index (κ2) is 5.94. The average Bonchev–Trinajstić information content (AvgIpc) is 2.49. The second-order valence-corrected chi connectivity index (χ2v) is 5.21. The molecule has 0 radical (unpaired) electrons. The van der Waals surface area contributed by atoms with Gasteiger partial charge in [0, 0.05) is 24.2 Å². The lowest BCUT2D eigenvalue weighted by Crippen LogP contribution is -2.13. The third-order valence-electron chi connectivity index (χ3n) is 3.51. The summed E-state index contributed by atoms with van der Waals surface area (Å²) in [5.41, 5.74) is 4.49. The molecule has 1 heterocycles. The molecule has 0 bridgehead atoms. The van der Waals surface area contributed by atoms with E-state index in [1.807, 2.05) is 37.3 Å². The van der Waals surface area contributed by atoms with E-state index in [1.165, 1.54) is 10.9 Å². The third kappa shape index (κ3) is 3.20. The Labute approximate surface area is 124 Å². The first-order valence-corrected chi connectivity index (χ1v) is 7.06. The van der Waals surface area contributed by atoms with Gasteiger partial charge in [0.25, 0.3) is 0 Å². The number of fused-ring (bicyclic) bond motifs is 1. The van der Waals surface area contributed by atoms with Gasteiger partial charge in [-0.2, -0.15) is 0 Å². The summed E-state index contributed by atoms with van der Waals surface area (Å²) in [6.07, 6.45) is 0. The molecule has 0 atom stereocenters. The van der Waals surface area contributed by atoms with Crippen molar-refractivity contribution < 1.29 is 5.11 Å². The Hall–Kier alpha value is -2.39. The van der Waals surface area contributed by atoms with Gasteiger partial charge in [0.2, 0.25) is 0 Å². The highest BCUT2D eigenvalue weighted by Crippen LogP contribution is 2.18. The van der Waals surface area contributed by atoms with Crippen LogP contribution >= 0.6 is 0 Å². The minimum atomic E-state index is 0.300. The summed E-state index contributed by atoms with van der Waals surface area (Å²) >= 11 is 0. The Kier molecular flexibility index (Phi) is 3.84. The van der Waals surface area contributed by atoms with E-state index in [9.17, 15) is 5.11 Å². The number of aryl methyl sites for hydroxylation is 1. The maximum atomic E-state index is 9.28. The van der Waals surface area contributed by atoms with E-state index in [0.717, 1.165) is 29.9 Å².